The van der Waals surface area contributed by atoms with E-state index in [1.807, 2.05) is 13.1 Å². The van der Waals surface area contributed by atoms with Gasteiger partial charge in [0.1, 0.15) is 6.33 Å². The fourth-order valence-corrected chi connectivity index (χ4v) is 2.19. The Balaban J connectivity index is 1.93. The van der Waals surface area contributed by atoms with E-state index in [1.54, 1.807) is 17.1 Å². The normalized spacial score (nSPS) is 14.2. The minimum Gasteiger partial charge on any atom is -0.354 e. The van der Waals surface area contributed by atoms with E-state index < -0.39 is 0 Å². The molecule has 1 N–H and O–H groups in total. The van der Waals surface area contributed by atoms with Crippen LogP contribution < -0.4 is 10.2 Å². The van der Waals surface area contributed by atoms with E-state index >= 15 is 0 Å². The molecule has 0 atom stereocenters. The number of aromatic nitrogens is 5. The molecule has 0 spiro atoms. The lowest BCUT2D eigenvalue weighted by molar-refractivity contribution is 0.712. The van der Waals surface area contributed by atoms with Crippen molar-refractivity contribution in [3.63, 3.8) is 0 Å². The molecule has 0 bridgehead atoms. The van der Waals surface area contributed by atoms with Gasteiger partial charge in [0.2, 0.25) is 17.8 Å². The summed E-state index contributed by atoms with van der Waals surface area (Å²) in [7, 11) is 0. The molecule has 0 unspecified atom stereocenters. The van der Waals surface area contributed by atoms with Gasteiger partial charge in [-0.1, -0.05) is 0 Å². The van der Waals surface area contributed by atoms with Crippen LogP contribution in [0.3, 0.4) is 0 Å². The molecule has 1 aliphatic rings. The van der Waals surface area contributed by atoms with Crippen molar-refractivity contribution < 1.29 is 0 Å². The summed E-state index contributed by atoms with van der Waals surface area (Å²) < 4.78 is 1.80. The Morgan fingerprint density at radius 3 is 2.76 bits per heavy atom. The first-order chi connectivity index (χ1) is 10.3. The van der Waals surface area contributed by atoms with Crippen LogP contribution in [0.2, 0.25) is 0 Å². The summed E-state index contributed by atoms with van der Waals surface area (Å²) in [6.45, 7) is 6.87. The van der Waals surface area contributed by atoms with E-state index in [0.29, 0.717) is 11.9 Å². The van der Waals surface area contributed by atoms with E-state index in [-0.39, 0.29) is 0 Å². The fourth-order valence-electron chi connectivity index (χ4n) is 2.19. The molecule has 7 heteroatoms. The summed E-state index contributed by atoms with van der Waals surface area (Å²) in [5.74, 6) is 2.74. The molecule has 2 aromatic heterocycles. The van der Waals surface area contributed by atoms with Crippen molar-refractivity contribution in [1.29, 1.82) is 0 Å². The predicted octanol–water partition coefficient (Wildman–Crippen LogP) is 1.73. The number of hydrogen-bond acceptors (Lipinski definition) is 6. The van der Waals surface area contributed by atoms with E-state index in [9.17, 15) is 0 Å². The largest absolute Gasteiger partial charge is 0.354 e. The number of rotatable bonds is 7. The Morgan fingerprint density at radius 1 is 1.29 bits per heavy atom. The van der Waals surface area contributed by atoms with Gasteiger partial charge in [0, 0.05) is 32.0 Å². The Labute approximate surface area is 124 Å². The fraction of sp³-hybridized carbons (Fsp3) is 0.571. The van der Waals surface area contributed by atoms with Crippen LogP contribution in [0.5, 0.6) is 0 Å². The van der Waals surface area contributed by atoms with Crippen molar-refractivity contribution >= 4 is 11.9 Å². The molecular formula is C14H21N7. The quantitative estimate of drug-likeness (QED) is 0.836. The average molecular weight is 287 g/mol. The predicted molar refractivity (Wildman–Crippen MR) is 81.7 cm³/mol. The highest BCUT2D eigenvalue weighted by atomic mass is 15.3. The molecule has 1 saturated carbocycles. The van der Waals surface area contributed by atoms with Gasteiger partial charge in [-0.25, -0.2) is 4.98 Å². The third kappa shape index (κ3) is 3.29. The molecule has 112 valence electrons. The van der Waals surface area contributed by atoms with Gasteiger partial charge in [-0.2, -0.15) is 15.0 Å². The molecule has 1 aliphatic carbocycles. The molecule has 7 nitrogen and oxygen atoms in total. The summed E-state index contributed by atoms with van der Waals surface area (Å²) in [5, 5.41) is 3.18. The van der Waals surface area contributed by atoms with Gasteiger partial charge in [-0.3, -0.25) is 4.57 Å². The molecule has 0 saturated heterocycles. The molecule has 0 aliphatic heterocycles. The van der Waals surface area contributed by atoms with Crippen molar-refractivity contribution in [2.75, 3.05) is 29.9 Å². The second-order valence-electron chi connectivity index (χ2n) is 5.24. The first-order valence-electron chi connectivity index (χ1n) is 7.53. The van der Waals surface area contributed by atoms with Crippen LogP contribution in [-0.2, 0) is 0 Å². The van der Waals surface area contributed by atoms with Gasteiger partial charge < -0.3 is 10.2 Å². The van der Waals surface area contributed by atoms with Crippen LogP contribution in [0.25, 0.3) is 5.95 Å². The number of anilines is 2. The summed E-state index contributed by atoms with van der Waals surface area (Å²) in [4.78, 5) is 19.9. The maximum atomic E-state index is 4.60. The number of nitrogens with zero attached hydrogens (tertiary/aromatic N) is 6. The van der Waals surface area contributed by atoms with Gasteiger partial charge in [0.05, 0.1) is 0 Å². The van der Waals surface area contributed by atoms with Crippen molar-refractivity contribution in [2.24, 2.45) is 5.92 Å². The highest BCUT2D eigenvalue weighted by Gasteiger charge is 2.25. The van der Waals surface area contributed by atoms with E-state index in [1.165, 1.54) is 12.8 Å². The van der Waals surface area contributed by atoms with Crippen LogP contribution in [-0.4, -0.2) is 44.1 Å². The Morgan fingerprint density at radius 2 is 2.14 bits per heavy atom. The van der Waals surface area contributed by atoms with E-state index in [4.69, 9.17) is 0 Å². The maximum Gasteiger partial charge on any atom is 0.241 e. The third-order valence-corrected chi connectivity index (χ3v) is 3.52. The lowest BCUT2D eigenvalue weighted by atomic mass is 10.4. The zero-order chi connectivity index (χ0) is 14.7. The Bertz CT molecular complexity index is 577. The highest BCUT2D eigenvalue weighted by Crippen LogP contribution is 2.30. The molecule has 2 heterocycles. The third-order valence-electron chi connectivity index (χ3n) is 3.52. The number of imidazole rings is 1. The molecule has 0 amide bonds. The average Bonchev–Trinajstić information content (AvgIpc) is 3.14. The first-order valence-corrected chi connectivity index (χ1v) is 7.53. The van der Waals surface area contributed by atoms with Gasteiger partial charge >= 0.3 is 0 Å². The molecule has 21 heavy (non-hydrogen) atoms. The highest BCUT2D eigenvalue weighted by molar-refractivity contribution is 5.40. The molecule has 0 aromatic carbocycles. The van der Waals surface area contributed by atoms with Crippen LogP contribution in [0.4, 0.5) is 11.9 Å². The summed E-state index contributed by atoms with van der Waals surface area (Å²) in [6.07, 6.45) is 7.89. The Kier molecular flexibility index (Phi) is 3.98. The van der Waals surface area contributed by atoms with Gasteiger partial charge in [-0.05, 0) is 32.6 Å². The van der Waals surface area contributed by atoms with Crippen LogP contribution in [0, 0.1) is 5.92 Å². The van der Waals surface area contributed by atoms with Crippen molar-refractivity contribution in [2.45, 2.75) is 26.7 Å². The summed E-state index contributed by atoms with van der Waals surface area (Å²) in [6, 6.07) is 0. The second kappa shape index (κ2) is 6.07. The van der Waals surface area contributed by atoms with E-state index in [2.05, 4.69) is 37.1 Å². The second-order valence-corrected chi connectivity index (χ2v) is 5.24. The lowest BCUT2D eigenvalue weighted by Crippen LogP contribution is -2.28. The van der Waals surface area contributed by atoms with Crippen molar-refractivity contribution in [1.82, 2.24) is 24.5 Å². The first kappa shape index (κ1) is 13.8. The van der Waals surface area contributed by atoms with Crippen LogP contribution in [0.15, 0.2) is 18.7 Å². The van der Waals surface area contributed by atoms with Gasteiger partial charge in [-0.15, -0.1) is 0 Å². The van der Waals surface area contributed by atoms with Crippen molar-refractivity contribution in [3.8, 4) is 5.95 Å². The van der Waals surface area contributed by atoms with Crippen LogP contribution >= 0.6 is 0 Å². The monoisotopic (exact) mass is 287 g/mol. The molecule has 1 fully saturated rings. The molecule has 0 radical (unpaired) electrons. The van der Waals surface area contributed by atoms with Crippen molar-refractivity contribution in [3.05, 3.63) is 18.7 Å². The van der Waals surface area contributed by atoms with Gasteiger partial charge in [0.25, 0.3) is 0 Å². The standard InChI is InChI=1S/C14H21N7/c1-3-16-12-17-13(20(4-2)9-11-5-6-11)19-14(18-12)21-8-7-15-10-21/h7-8,10-11H,3-6,9H2,1-2H3,(H,16,17,18,19). The smallest absolute Gasteiger partial charge is 0.241 e. The topological polar surface area (TPSA) is 71.8 Å². The van der Waals surface area contributed by atoms with E-state index in [0.717, 1.165) is 31.5 Å². The maximum absolute atomic E-state index is 4.60. The molecule has 3 rings (SSSR count). The van der Waals surface area contributed by atoms with Gasteiger partial charge in [0.15, 0.2) is 0 Å². The Hall–Kier alpha value is -2.18. The summed E-state index contributed by atoms with van der Waals surface area (Å²) >= 11 is 0. The van der Waals surface area contributed by atoms with Crippen LogP contribution in [0.1, 0.15) is 26.7 Å². The minimum absolute atomic E-state index is 0.600. The molecule has 2 aromatic rings. The SMILES string of the molecule is CCNc1nc(N(CC)CC2CC2)nc(-n2ccnc2)n1. The lowest BCUT2D eigenvalue weighted by Gasteiger charge is -2.21. The zero-order valence-electron chi connectivity index (χ0n) is 12.5. The number of nitrogens with one attached hydrogen (secondary N) is 1. The molecular weight excluding hydrogens is 266 g/mol. The minimum atomic E-state index is 0.600. The zero-order valence-corrected chi connectivity index (χ0v) is 12.5. The summed E-state index contributed by atoms with van der Waals surface area (Å²) in [5.41, 5.74) is 0. The number of hydrogen-bond donors (Lipinski definition) is 1.